The number of nitrogens with two attached hydrogens (primary N) is 1. The van der Waals surface area contributed by atoms with Gasteiger partial charge in [0.1, 0.15) is 17.5 Å². The number of anilines is 2. The predicted octanol–water partition coefficient (Wildman–Crippen LogP) is 2.76. The number of rotatable bonds is 5. The number of hydrogen-bond donors (Lipinski definition) is 2. The van der Waals surface area contributed by atoms with Crippen LogP contribution in [0.15, 0.2) is 30.5 Å². The maximum atomic E-state index is 11.4. The molecule has 130 valence electrons. The SMILES string of the molecule is CC(C)n1ncc2c(N)nc(Cc3cccc(NC(=O)CCl)c3)nc21. The summed E-state index contributed by atoms with van der Waals surface area (Å²) < 4.78 is 1.83. The minimum Gasteiger partial charge on any atom is -0.383 e. The van der Waals surface area contributed by atoms with E-state index in [-0.39, 0.29) is 17.8 Å². The molecule has 0 fully saturated rings. The van der Waals surface area contributed by atoms with E-state index in [9.17, 15) is 4.79 Å². The van der Waals surface area contributed by atoms with Crippen molar-refractivity contribution in [1.82, 2.24) is 19.7 Å². The van der Waals surface area contributed by atoms with Gasteiger partial charge in [0.25, 0.3) is 0 Å². The van der Waals surface area contributed by atoms with Crippen molar-refractivity contribution in [2.24, 2.45) is 0 Å². The van der Waals surface area contributed by atoms with Gasteiger partial charge in [-0.3, -0.25) is 4.79 Å². The number of carbonyl (C=O) groups excluding carboxylic acids is 1. The molecule has 2 heterocycles. The number of aromatic nitrogens is 4. The van der Waals surface area contributed by atoms with Crippen molar-refractivity contribution < 1.29 is 4.79 Å². The smallest absolute Gasteiger partial charge is 0.239 e. The van der Waals surface area contributed by atoms with Crippen LogP contribution in [-0.2, 0) is 11.2 Å². The van der Waals surface area contributed by atoms with Crippen molar-refractivity contribution in [1.29, 1.82) is 0 Å². The monoisotopic (exact) mass is 358 g/mol. The second-order valence-corrected chi connectivity index (χ2v) is 6.27. The van der Waals surface area contributed by atoms with E-state index in [1.165, 1.54) is 0 Å². The zero-order valence-electron chi connectivity index (χ0n) is 14.0. The molecule has 1 amide bonds. The largest absolute Gasteiger partial charge is 0.383 e. The van der Waals surface area contributed by atoms with Gasteiger partial charge in [0.15, 0.2) is 5.65 Å². The quantitative estimate of drug-likeness (QED) is 0.683. The van der Waals surface area contributed by atoms with Gasteiger partial charge in [-0.15, -0.1) is 11.6 Å². The van der Waals surface area contributed by atoms with E-state index in [0.29, 0.717) is 23.8 Å². The maximum Gasteiger partial charge on any atom is 0.239 e. The molecule has 0 atom stereocenters. The average molecular weight is 359 g/mol. The van der Waals surface area contributed by atoms with Crippen LogP contribution in [0.5, 0.6) is 0 Å². The van der Waals surface area contributed by atoms with Crippen LogP contribution in [0.25, 0.3) is 11.0 Å². The Labute approximate surface area is 150 Å². The molecule has 25 heavy (non-hydrogen) atoms. The lowest BCUT2D eigenvalue weighted by Gasteiger charge is -2.09. The number of nitrogens with one attached hydrogen (secondary N) is 1. The fourth-order valence-electron chi connectivity index (χ4n) is 2.59. The summed E-state index contributed by atoms with van der Waals surface area (Å²) in [6.45, 7) is 4.07. The number of fused-ring (bicyclic) bond motifs is 1. The molecule has 2 aromatic heterocycles. The van der Waals surface area contributed by atoms with Crippen molar-refractivity contribution in [2.75, 3.05) is 16.9 Å². The van der Waals surface area contributed by atoms with E-state index < -0.39 is 0 Å². The van der Waals surface area contributed by atoms with Crippen LogP contribution < -0.4 is 11.1 Å². The molecule has 0 radical (unpaired) electrons. The fraction of sp³-hybridized carbons (Fsp3) is 0.294. The number of nitrogens with zero attached hydrogens (tertiary/aromatic N) is 4. The van der Waals surface area contributed by atoms with Crippen LogP contribution in [0.2, 0.25) is 0 Å². The molecule has 0 unspecified atom stereocenters. The average Bonchev–Trinajstić information content (AvgIpc) is 2.99. The summed E-state index contributed by atoms with van der Waals surface area (Å²) in [4.78, 5) is 20.4. The molecule has 0 aliphatic carbocycles. The summed E-state index contributed by atoms with van der Waals surface area (Å²) in [5, 5.41) is 7.81. The predicted molar refractivity (Wildman–Crippen MR) is 98.7 cm³/mol. The summed E-state index contributed by atoms with van der Waals surface area (Å²) in [6.07, 6.45) is 2.19. The van der Waals surface area contributed by atoms with Gasteiger partial charge < -0.3 is 11.1 Å². The summed E-state index contributed by atoms with van der Waals surface area (Å²) >= 11 is 5.52. The lowest BCUT2D eigenvalue weighted by molar-refractivity contribution is -0.113. The van der Waals surface area contributed by atoms with Crippen LogP contribution in [-0.4, -0.2) is 31.5 Å². The number of benzene rings is 1. The molecule has 1 aromatic carbocycles. The maximum absolute atomic E-state index is 11.4. The number of amides is 1. The Bertz CT molecular complexity index is 921. The highest BCUT2D eigenvalue weighted by atomic mass is 35.5. The molecular formula is C17H19ClN6O. The zero-order chi connectivity index (χ0) is 18.0. The third kappa shape index (κ3) is 3.71. The third-order valence-electron chi connectivity index (χ3n) is 3.71. The number of hydrogen-bond acceptors (Lipinski definition) is 5. The minimum atomic E-state index is -0.249. The first-order valence-corrected chi connectivity index (χ1v) is 8.45. The standard InChI is InChI=1S/C17H19ClN6O/c1-10(2)24-17-13(9-20-24)16(19)22-14(23-17)7-11-4-3-5-12(6-11)21-15(25)8-18/h3-6,9-10H,7-8H2,1-2H3,(H,21,25)(H2,19,22,23). The van der Waals surface area contributed by atoms with Crippen LogP contribution in [0.4, 0.5) is 11.5 Å². The van der Waals surface area contributed by atoms with Gasteiger partial charge in [0, 0.05) is 18.2 Å². The lowest BCUT2D eigenvalue weighted by Crippen LogP contribution is -2.12. The van der Waals surface area contributed by atoms with E-state index in [4.69, 9.17) is 17.3 Å². The van der Waals surface area contributed by atoms with Gasteiger partial charge in [0.05, 0.1) is 11.6 Å². The molecule has 0 aliphatic heterocycles. The van der Waals surface area contributed by atoms with Gasteiger partial charge in [-0.1, -0.05) is 12.1 Å². The Morgan fingerprint density at radius 2 is 2.16 bits per heavy atom. The zero-order valence-corrected chi connectivity index (χ0v) is 14.8. The Morgan fingerprint density at radius 3 is 2.88 bits per heavy atom. The molecule has 3 rings (SSSR count). The molecule has 0 aliphatic rings. The topological polar surface area (TPSA) is 98.7 Å². The molecule has 0 bridgehead atoms. The summed E-state index contributed by atoms with van der Waals surface area (Å²) in [7, 11) is 0. The van der Waals surface area contributed by atoms with Crippen molar-refractivity contribution >= 4 is 40.0 Å². The first-order valence-electron chi connectivity index (χ1n) is 7.92. The molecule has 3 N–H and O–H groups in total. The number of halogens is 1. The van der Waals surface area contributed by atoms with Crippen molar-refractivity contribution in [3.63, 3.8) is 0 Å². The Kier molecular flexibility index (Phi) is 4.85. The number of carbonyl (C=O) groups is 1. The van der Waals surface area contributed by atoms with E-state index in [1.54, 1.807) is 12.3 Å². The summed E-state index contributed by atoms with van der Waals surface area (Å²) in [6, 6.07) is 7.65. The molecular weight excluding hydrogens is 340 g/mol. The first-order chi connectivity index (χ1) is 12.0. The van der Waals surface area contributed by atoms with Crippen molar-refractivity contribution in [3.8, 4) is 0 Å². The highest BCUT2D eigenvalue weighted by Crippen LogP contribution is 2.21. The Hall–Kier alpha value is -2.67. The van der Waals surface area contributed by atoms with Crippen LogP contribution in [0.3, 0.4) is 0 Å². The van der Waals surface area contributed by atoms with Gasteiger partial charge in [0.2, 0.25) is 5.91 Å². The summed E-state index contributed by atoms with van der Waals surface area (Å²) in [5.41, 5.74) is 8.43. The normalized spacial score (nSPS) is 11.2. The Balaban J connectivity index is 1.91. The second-order valence-electron chi connectivity index (χ2n) is 6.00. The van der Waals surface area contributed by atoms with Gasteiger partial charge in [-0.2, -0.15) is 5.10 Å². The van der Waals surface area contributed by atoms with Crippen molar-refractivity contribution in [2.45, 2.75) is 26.3 Å². The third-order valence-corrected chi connectivity index (χ3v) is 3.96. The molecule has 0 saturated carbocycles. The highest BCUT2D eigenvalue weighted by Gasteiger charge is 2.13. The molecule has 8 heteroatoms. The van der Waals surface area contributed by atoms with Gasteiger partial charge in [-0.05, 0) is 31.5 Å². The first kappa shape index (κ1) is 17.2. The van der Waals surface area contributed by atoms with E-state index in [2.05, 4.69) is 20.4 Å². The van der Waals surface area contributed by atoms with E-state index >= 15 is 0 Å². The fourth-order valence-corrected chi connectivity index (χ4v) is 2.65. The van der Waals surface area contributed by atoms with E-state index in [0.717, 1.165) is 16.6 Å². The van der Waals surface area contributed by atoms with Gasteiger partial charge in [-0.25, -0.2) is 14.6 Å². The van der Waals surface area contributed by atoms with Crippen LogP contribution in [0.1, 0.15) is 31.3 Å². The number of nitrogen functional groups attached to an aromatic ring is 1. The van der Waals surface area contributed by atoms with Crippen molar-refractivity contribution in [3.05, 3.63) is 41.9 Å². The highest BCUT2D eigenvalue weighted by molar-refractivity contribution is 6.29. The molecule has 0 spiro atoms. The second kappa shape index (κ2) is 7.06. The Morgan fingerprint density at radius 1 is 1.36 bits per heavy atom. The molecule has 7 nitrogen and oxygen atoms in total. The number of alkyl halides is 1. The van der Waals surface area contributed by atoms with Crippen LogP contribution >= 0.6 is 11.6 Å². The minimum absolute atomic E-state index is 0.0836. The van der Waals surface area contributed by atoms with Crippen LogP contribution in [0, 0.1) is 0 Å². The van der Waals surface area contributed by atoms with Gasteiger partial charge >= 0.3 is 0 Å². The molecule has 3 aromatic rings. The van der Waals surface area contributed by atoms with E-state index in [1.807, 2.05) is 36.7 Å². The lowest BCUT2D eigenvalue weighted by atomic mass is 10.1. The molecule has 0 saturated heterocycles. The summed E-state index contributed by atoms with van der Waals surface area (Å²) in [5.74, 6) is 0.688.